The van der Waals surface area contributed by atoms with Crippen molar-refractivity contribution in [3.05, 3.63) is 21.7 Å². The Morgan fingerprint density at radius 1 is 1.50 bits per heavy atom. The maximum absolute atomic E-state index is 10.8. The van der Waals surface area contributed by atoms with Crippen molar-refractivity contribution in [2.24, 2.45) is 5.84 Å². The van der Waals surface area contributed by atoms with Crippen LogP contribution >= 0.6 is 22.7 Å². The summed E-state index contributed by atoms with van der Waals surface area (Å²) in [6.07, 6.45) is 0. The van der Waals surface area contributed by atoms with E-state index >= 15 is 0 Å². The largest absolute Gasteiger partial charge is 0.332 e. The zero-order chi connectivity index (χ0) is 9.97. The van der Waals surface area contributed by atoms with Crippen LogP contribution in [0.15, 0.2) is 16.8 Å². The zero-order valence-corrected chi connectivity index (χ0v) is 8.87. The molecule has 4 N–H and O–H groups in total. The Balaban J connectivity index is 2.05. The van der Waals surface area contributed by atoms with Crippen LogP contribution < -0.4 is 16.6 Å². The lowest BCUT2D eigenvalue weighted by Crippen LogP contribution is -2.39. The van der Waals surface area contributed by atoms with Gasteiger partial charge in [0.1, 0.15) is 0 Å². The molecular weight excluding hydrogens is 218 g/mol. The predicted octanol–water partition coefficient (Wildman–Crippen LogP) is 1.64. The van der Waals surface area contributed by atoms with Crippen molar-refractivity contribution in [1.82, 2.24) is 10.7 Å². The number of hydrogen-bond acceptors (Lipinski definition) is 4. The number of carbonyl (C=O) groups is 1. The average molecular weight is 227 g/mol. The molecule has 0 saturated heterocycles. The van der Waals surface area contributed by atoms with Gasteiger partial charge in [0.25, 0.3) is 0 Å². The van der Waals surface area contributed by atoms with E-state index in [0.717, 1.165) is 4.88 Å². The number of nitrogens with one attached hydrogen (secondary N) is 2. The van der Waals surface area contributed by atoms with Crippen LogP contribution in [-0.2, 0) is 6.54 Å². The van der Waals surface area contributed by atoms with Gasteiger partial charge >= 0.3 is 6.03 Å². The second-order valence-corrected chi connectivity index (χ2v) is 4.64. The van der Waals surface area contributed by atoms with Crippen LogP contribution in [0.25, 0.3) is 10.1 Å². The highest BCUT2D eigenvalue weighted by Gasteiger charge is 2.03. The molecule has 0 bridgehead atoms. The molecule has 6 heteroatoms. The Hall–Kier alpha value is -1.11. The average Bonchev–Trinajstić information content (AvgIpc) is 2.73. The van der Waals surface area contributed by atoms with E-state index < -0.39 is 0 Å². The molecule has 2 aromatic heterocycles. The molecule has 2 aromatic rings. The van der Waals surface area contributed by atoms with E-state index in [4.69, 9.17) is 5.84 Å². The zero-order valence-electron chi connectivity index (χ0n) is 7.24. The highest BCUT2D eigenvalue weighted by molar-refractivity contribution is 7.22. The van der Waals surface area contributed by atoms with Gasteiger partial charge in [-0.1, -0.05) is 0 Å². The van der Waals surface area contributed by atoms with Crippen LogP contribution in [0, 0.1) is 0 Å². The first-order chi connectivity index (χ1) is 6.79. The van der Waals surface area contributed by atoms with Gasteiger partial charge in [-0.05, 0) is 11.4 Å². The minimum absolute atomic E-state index is 0.360. The van der Waals surface area contributed by atoms with Gasteiger partial charge in [-0.15, -0.1) is 11.3 Å². The van der Waals surface area contributed by atoms with E-state index in [1.54, 1.807) is 22.7 Å². The lowest BCUT2D eigenvalue weighted by Gasteiger charge is -2.00. The Morgan fingerprint density at radius 3 is 3.07 bits per heavy atom. The number of amides is 2. The van der Waals surface area contributed by atoms with Crippen LogP contribution in [-0.4, -0.2) is 6.03 Å². The smallest absolute Gasteiger partial charge is 0.329 e. The van der Waals surface area contributed by atoms with Crippen molar-refractivity contribution < 1.29 is 4.79 Å². The lowest BCUT2D eigenvalue weighted by atomic mass is 10.4. The monoisotopic (exact) mass is 227 g/mol. The number of nitrogens with two attached hydrogens (primary N) is 1. The Morgan fingerprint density at radius 2 is 2.36 bits per heavy atom. The van der Waals surface area contributed by atoms with Crippen LogP contribution in [0.1, 0.15) is 4.88 Å². The predicted molar refractivity (Wildman–Crippen MR) is 59.3 cm³/mol. The van der Waals surface area contributed by atoms with Gasteiger partial charge in [-0.25, -0.2) is 10.6 Å². The van der Waals surface area contributed by atoms with Crippen LogP contribution in [0.4, 0.5) is 4.79 Å². The number of thiophene rings is 2. The molecule has 0 fully saturated rings. The molecule has 0 aliphatic heterocycles. The summed E-state index contributed by atoms with van der Waals surface area (Å²) >= 11 is 3.37. The van der Waals surface area contributed by atoms with Crippen molar-refractivity contribution in [1.29, 1.82) is 0 Å². The molecular formula is C8H9N3OS2. The molecule has 0 spiro atoms. The summed E-state index contributed by atoms with van der Waals surface area (Å²) in [5, 5.41) is 8.08. The maximum atomic E-state index is 10.8. The van der Waals surface area contributed by atoms with Gasteiger partial charge in [0.2, 0.25) is 0 Å². The molecule has 0 aromatic carbocycles. The summed E-state index contributed by atoms with van der Waals surface area (Å²) in [7, 11) is 0. The van der Waals surface area contributed by atoms with Gasteiger partial charge in [-0.2, -0.15) is 11.3 Å². The van der Waals surface area contributed by atoms with Gasteiger partial charge in [0.15, 0.2) is 0 Å². The van der Waals surface area contributed by atoms with E-state index in [9.17, 15) is 4.79 Å². The molecule has 2 amide bonds. The van der Waals surface area contributed by atoms with Gasteiger partial charge in [-0.3, -0.25) is 5.43 Å². The van der Waals surface area contributed by atoms with Crippen LogP contribution in [0.2, 0.25) is 0 Å². The van der Waals surface area contributed by atoms with Crippen molar-refractivity contribution in [2.45, 2.75) is 6.54 Å². The maximum Gasteiger partial charge on any atom is 0.329 e. The third kappa shape index (κ3) is 1.87. The Bertz CT molecular complexity index is 420. The molecule has 0 aliphatic rings. The lowest BCUT2D eigenvalue weighted by molar-refractivity contribution is 0.241. The van der Waals surface area contributed by atoms with Crippen molar-refractivity contribution >= 4 is 38.8 Å². The van der Waals surface area contributed by atoms with Crippen molar-refractivity contribution in [3.8, 4) is 0 Å². The number of fused-ring (bicyclic) bond motifs is 1. The highest BCUT2D eigenvalue weighted by Crippen LogP contribution is 2.28. The molecule has 0 saturated carbocycles. The fourth-order valence-electron chi connectivity index (χ4n) is 1.13. The van der Waals surface area contributed by atoms with Gasteiger partial charge < -0.3 is 5.32 Å². The van der Waals surface area contributed by atoms with E-state index in [1.165, 1.54) is 10.1 Å². The molecule has 4 nitrogen and oxygen atoms in total. The summed E-state index contributed by atoms with van der Waals surface area (Å²) < 4.78 is 1.26. The van der Waals surface area contributed by atoms with E-state index in [-0.39, 0.29) is 6.03 Å². The summed E-state index contributed by atoms with van der Waals surface area (Å²) in [6, 6.07) is 1.72. The molecule has 14 heavy (non-hydrogen) atoms. The standard InChI is InChI=1S/C8H9N3OS2/c9-11-8(12)10-2-6-1-5-3-13-4-7(5)14-6/h1,3-4H,2,9H2,(H2,10,11,12). The summed E-state index contributed by atoms with van der Waals surface area (Å²) in [4.78, 5) is 11.9. The normalized spacial score (nSPS) is 10.4. The second kappa shape index (κ2) is 3.95. The molecule has 0 atom stereocenters. The first-order valence-corrected chi connectivity index (χ1v) is 5.74. The third-order valence-corrected chi connectivity index (χ3v) is 3.78. The second-order valence-electron chi connectivity index (χ2n) is 2.73. The Kier molecular flexibility index (Phi) is 2.67. The molecule has 74 valence electrons. The quantitative estimate of drug-likeness (QED) is 0.415. The van der Waals surface area contributed by atoms with E-state index in [1.807, 2.05) is 5.43 Å². The fourth-order valence-corrected chi connectivity index (χ4v) is 3.08. The van der Waals surface area contributed by atoms with E-state index in [0.29, 0.717) is 6.54 Å². The Labute approximate surface area is 88.7 Å². The number of hydrazine groups is 1. The molecule has 0 aliphatic carbocycles. The first-order valence-electron chi connectivity index (χ1n) is 3.98. The number of hydrogen-bond donors (Lipinski definition) is 3. The summed E-state index contributed by atoms with van der Waals surface area (Å²) in [5.41, 5.74) is 2.02. The van der Waals surface area contributed by atoms with Crippen molar-refractivity contribution in [3.63, 3.8) is 0 Å². The number of rotatable bonds is 2. The summed E-state index contributed by atoms with van der Waals surface area (Å²) in [6.45, 7) is 0.521. The van der Waals surface area contributed by atoms with Crippen LogP contribution in [0.5, 0.6) is 0 Å². The highest BCUT2D eigenvalue weighted by atomic mass is 32.1. The molecule has 2 heterocycles. The molecule has 0 unspecified atom stereocenters. The number of urea groups is 1. The van der Waals surface area contributed by atoms with Crippen molar-refractivity contribution in [2.75, 3.05) is 0 Å². The minimum atomic E-state index is -0.360. The van der Waals surface area contributed by atoms with Crippen LogP contribution in [0.3, 0.4) is 0 Å². The first kappa shape index (κ1) is 9.45. The fraction of sp³-hybridized carbons (Fsp3) is 0.125. The summed E-state index contributed by atoms with van der Waals surface area (Å²) in [5.74, 6) is 4.93. The SMILES string of the molecule is NNC(=O)NCc1cc2cscc2s1. The molecule has 0 radical (unpaired) electrons. The minimum Gasteiger partial charge on any atom is -0.332 e. The molecule has 2 rings (SSSR count). The number of carbonyl (C=O) groups excluding carboxylic acids is 1. The topological polar surface area (TPSA) is 67.1 Å². The van der Waals surface area contributed by atoms with Gasteiger partial charge in [0, 0.05) is 20.3 Å². The van der Waals surface area contributed by atoms with Gasteiger partial charge in [0.05, 0.1) is 6.54 Å². The van der Waals surface area contributed by atoms with E-state index in [2.05, 4.69) is 22.1 Å². The third-order valence-electron chi connectivity index (χ3n) is 1.77.